The molecular weight excluding hydrogens is 200 g/mol. The number of methoxy groups -OCH3 is 1. The topological polar surface area (TPSA) is 24.5 Å². The number of hydrogen-bond donors (Lipinski definition) is 1. The number of piperidine rings is 1. The Hall–Kier alpha value is -0.120. The van der Waals surface area contributed by atoms with Gasteiger partial charge in [0.15, 0.2) is 0 Å². The second-order valence-electron chi connectivity index (χ2n) is 4.81. The molecule has 1 aliphatic heterocycles. The first-order valence-corrected chi connectivity index (χ1v) is 6.78. The fourth-order valence-electron chi connectivity index (χ4n) is 2.53. The molecule has 1 heterocycles. The highest BCUT2D eigenvalue weighted by atomic mass is 16.5. The van der Waals surface area contributed by atoms with Crippen LogP contribution in [0.15, 0.2) is 0 Å². The molecule has 1 N–H and O–H groups in total. The number of nitrogens with one attached hydrogen (secondary N) is 1. The number of ether oxygens (including phenoxy) is 1. The molecule has 0 aromatic rings. The minimum Gasteiger partial charge on any atom is -0.383 e. The minimum absolute atomic E-state index is 0.608. The maximum absolute atomic E-state index is 5.30. The number of hydrogen-bond acceptors (Lipinski definition) is 3. The van der Waals surface area contributed by atoms with E-state index < -0.39 is 0 Å². The molecule has 1 fully saturated rings. The van der Waals surface area contributed by atoms with Crippen molar-refractivity contribution in [2.24, 2.45) is 0 Å². The van der Waals surface area contributed by atoms with E-state index in [1.54, 1.807) is 7.11 Å². The van der Waals surface area contributed by atoms with Crippen LogP contribution in [-0.2, 0) is 4.74 Å². The second kappa shape index (κ2) is 8.04. The normalized spacial score (nSPS) is 24.6. The van der Waals surface area contributed by atoms with Crippen molar-refractivity contribution in [1.29, 1.82) is 0 Å². The molecule has 2 unspecified atom stereocenters. The minimum atomic E-state index is 0.608. The highest BCUT2D eigenvalue weighted by Gasteiger charge is 2.24. The van der Waals surface area contributed by atoms with Gasteiger partial charge in [0.2, 0.25) is 0 Å². The molecule has 0 bridgehead atoms. The van der Waals surface area contributed by atoms with Crippen molar-refractivity contribution in [3.8, 4) is 0 Å². The first kappa shape index (κ1) is 13.9. The maximum atomic E-state index is 5.30. The number of nitrogens with zero attached hydrogens (tertiary/aromatic N) is 1. The Labute approximate surface area is 101 Å². The Balaban J connectivity index is 2.35. The summed E-state index contributed by atoms with van der Waals surface area (Å²) in [6.07, 6.45) is 5.07. The highest BCUT2D eigenvalue weighted by Crippen LogP contribution is 2.15. The van der Waals surface area contributed by atoms with E-state index in [0.717, 1.165) is 13.2 Å². The molecule has 0 aromatic carbocycles. The summed E-state index contributed by atoms with van der Waals surface area (Å²) in [5, 5.41) is 3.64. The monoisotopic (exact) mass is 228 g/mol. The summed E-state index contributed by atoms with van der Waals surface area (Å²) in [5.74, 6) is 0. The lowest BCUT2D eigenvalue weighted by molar-refractivity contribution is 0.0646. The molecule has 0 spiro atoms. The quantitative estimate of drug-likeness (QED) is 0.720. The largest absolute Gasteiger partial charge is 0.383 e. The SMILES string of the molecule is CCCNC1CCCN(C(CC)COC)C1. The van der Waals surface area contributed by atoms with Crippen LogP contribution in [0.5, 0.6) is 0 Å². The van der Waals surface area contributed by atoms with Crippen LogP contribution in [0.1, 0.15) is 39.5 Å². The summed E-state index contributed by atoms with van der Waals surface area (Å²) in [4.78, 5) is 2.60. The second-order valence-corrected chi connectivity index (χ2v) is 4.81. The van der Waals surface area contributed by atoms with Crippen molar-refractivity contribution < 1.29 is 4.74 Å². The molecule has 1 aliphatic rings. The molecule has 0 amide bonds. The van der Waals surface area contributed by atoms with Crippen LogP contribution in [0.4, 0.5) is 0 Å². The first-order chi connectivity index (χ1) is 7.81. The summed E-state index contributed by atoms with van der Waals surface area (Å²) < 4.78 is 5.30. The fraction of sp³-hybridized carbons (Fsp3) is 1.00. The standard InChI is InChI=1S/C13H28N2O/c1-4-8-14-12-7-6-9-15(10-12)13(5-2)11-16-3/h12-14H,4-11H2,1-3H3. The van der Waals surface area contributed by atoms with Crippen LogP contribution in [0.3, 0.4) is 0 Å². The molecule has 1 rings (SSSR count). The average molecular weight is 228 g/mol. The van der Waals surface area contributed by atoms with Crippen molar-refractivity contribution >= 4 is 0 Å². The number of rotatable bonds is 7. The summed E-state index contributed by atoms with van der Waals surface area (Å²) in [6, 6.07) is 1.30. The Bertz CT molecular complexity index is 175. The lowest BCUT2D eigenvalue weighted by Gasteiger charge is -2.38. The van der Waals surface area contributed by atoms with Crippen molar-refractivity contribution in [3.63, 3.8) is 0 Å². The predicted molar refractivity (Wildman–Crippen MR) is 68.8 cm³/mol. The van der Waals surface area contributed by atoms with Crippen molar-refractivity contribution in [2.75, 3.05) is 33.4 Å². The fourth-order valence-corrected chi connectivity index (χ4v) is 2.53. The zero-order chi connectivity index (χ0) is 11.8. The van der Waals surface area contributed by atoms with E-state index in [0.29, 0.717) is 12.1 Å². The number of likely N-dealkylation sites (tertiary alicyclic amines) is 1. The highest BCUT2D eigenvalue weighted by molar-refractivity contribution is 4.82. The summed E-state index contributed by atoms with van der Waals surface area (Å²) in [5.41, 5.74) is 0. The lowest BCUT2D eigenvalue weighted by atomic mass is 10.0. The van der Waals surface area contributed by atoms with Gasteiger partial charge in [0.25, 0.3) is 0 Å². The van der Waals surface area contributed by atoms with Gasteiger partial charge < -0.3 is 10.1 Å². The molecular formula is C13H28N2O. The average Bonchev–Trinajstić information content (AvgIpc) is 2.33. The molecule has 16 heavy (non-hydrogen) atoms. The molecule has 3 nitrogen and oxygen atoms in total. The van der Waals surface area contributed by atoms with Gasteiger partial charge >= 0.3 is 0 Å². The van der Waals surface area contributed by atoms with Gasteiger partial charge in [-0.2, -0.15) is 0 Å². The van der Waals surface area contributed by atoms with Gasteiger partial charge in [-0.25, -0.2) is 0 Å². The maximum Gasteiger partial charge on any atom is 0.0617 e. The summed E-state index contributed by atoms with van der Waals surface area (Å²) in [6.45, 7) is 8.95. The van der Waals surface area contributed by atoms with Crippen molar-refractivity contribution in [2.45, 2.75) is 51.6 Å². The smallest absolute Gasteiger partial charge is 0.0617 e. The van der Waals surface area contributed by atoms with Crippen LogP contribution in [0.2, 0.25) is 0 Å². The van der Waals surface area contributed by atoms with E-state index in [1.807, 2.05) is 0 Å². The summed E-state index contributed by atoms with van der Waals surface area (Å²) >= 11 is 0. The van der Waals surface area contributed by atoms with Gasteiger partial charge in [-0.15, -0.1) is 0 Å². The van der Waals surface area contributed by atoms with Gasteiger partial charge in [-0.3, -0.25) is 4.90 Å². The Morgan fingerprint density at radius 3 is 2.88 bits per heavy atom. The van der Waals surface area contributed by atoms with Gasteiger partial charge in [-0.1, -0.05) is 13.8 Å². The first-order valence-electron chi connectivity index (χ1n) is 6.78. The molecule has 3 heteroatoms. The summed E-state index contributed by atoms with van der Waals surface area (Å²) in [7, 11) is 1.80. The molecule has 0 radical (unpaired) electrons. The molecule has 2 atom stereocenters. The molecule has 0 aromatic heterocycles. The van der Waals surface area contributed by atoms with E-state index in [1.165, 1.54) is 38.8 Å². The third-order valence-corrected chi connectivity index (χ3v) is 3.48. The Morgan fingerprint density at radius 1 is 1.44 bits per heavy atom. The zero-order valence-electron chi connectivity index (χ0n) is 11.2. The molecule has 96 valence electrons. The lowest BCUT2D eigenvalue weighted by Crippen LogP contribution is -2.50. The van der Waals surface area contributed by atoms with Crippen molar-refractivity contribution in [1.82, 2.24) is 10.2 Å². The van der Waals surface area contributed by atoms with Gasteiger partial charge in [0.05, 0.1) is 6.61 Å². The molecule has 1 saturated heterocycles. The van der Waals surface area contributed by atoms with E-state index >= 15 is 0 Å². The zero-order valence-corrected chi connectivity index (χ0v) is 11.2. The van der Waals surface area contributed by atoms with Crippen LogP contribution < -0.4 is 5.32 Å². The Kier molecular flexibility index (Phi) is 7.01. The van der Waals surface area contributed by atoms with Crippen molar-refractivity contribution in [3.05, 3.63) is 0 Å². The van der Waals surface area contributed by atoms with E-state index in [-0.39, 0.29) is 0 Å². The van der Waals surface area contributed by atoms with Gasteiger partial charge in [-0.05, 0) is 38.8 Å². The third kappa shape index (κ3) is 4.40. The van der Waals surface area contributed by atoms with Crippen LogP contribution >= 0.6 is 0 Å². The van der Waals surface area contributed by atoms with Crippen LogP contribution in [0.25, 0.3) is 0 Å². The molecule has 0 aliphatic carbocycles. The van der Waals surface area contributed by atoms with E-state index in [4.69, 9.17) is 4.74 Å². The molecule has 0 saturated carbocycles. The van der Waals surface area contributed by atoms with Gasteiger partial charge in [0.1, 0.15) is 0 Å². The van der Waals surface area contributed by atoms with Crippen LogP contribution in [-0.4, -0.2) is 50.3 Å². The Morgan fingerprint density at radius 2 is 2.25 bits per heavy atom. The predicted octanol–water partition coefficient (Wildman–Crippen LogP) is 1.88. The van der Waals surface area contributed by atoms with Crippen LogP contribution in [0, 0.1) is 0 Å². The third-order valence-electron chi connectivity index (χ3n) is 3.48. The van der Waals surface area contributed by atoms with E-state index in [2.05, 4.69) is 24.1 Å². The van der Waals surface area contributed by atoms with Gasteiger partial charge in [0, 0.05) is 25.7 Å². The van der Waals surface area contributed by atoms with E-state index in [9.17, 15) is 0 Å².